The summed E-state index contributed by atoms with van der Waals surface area (Å²) in [5, 5.41) is 0. The van der Waals surface area contributed by atoms with Gasteiger partial charge in [-0.3, -0.25) is 14.5 Å². The molecule has 0 atom stereocenters. The molecule has 0 radical (unpaired) electrons. The third-order valence-corrected chi connectivity index (χ3v) is 6.13. The van der Waals surface area contributed by atoms with Crippen molar-refractivity contribution in [3.63, 3.8) is 0 Å². The molecule has 0 bridgehead atoms. The third kappa shape index (κ3) is 6.64. The lowest BCUT2D eigenvalue weighted by Gasteiger charge is -2.21. The van der Waals surface area contributed by atoms with Gasteiger partial charge in [0.15, 0.2) is 0 Å². The summed E-state index contributed by atoms with van der Waals surface area (Å²) >= 11 is 0. The Labute approximate surface area is 234 Å². The molecule has 12 nitrogen and oxygen atoms in total. The van der Waals surface area contributed by atoms with Gasteiger partial charge in [-0.05, 0) is 42.5 Å². The number of halogens is 1. The van der Waals surface area contributed by atoms with Crippen molar-refractivity contribution in [2.75, 3.05) is 25.7 Å². The molecular formula is C28H27FN6O6. The SMILES string of the molecule is COC(=O)CCN(C(=O)c1ccc2c(c1)nc(COc1ccc(/C(N)=N\C(=O)OC)c(F)c1)n2C)c1ccccn1. The van der Waals surface area contributed by atoms with Gasteiger partial charge in [0.05, 0.1) is 37.2 Å². The number of methoxy groups -OCH3 is 2. The number of amidine groups is 1. The number of ether oxygens (including phenoxy) is 3. The van der Waals surface area contributed by atoms with E-state index in [1.807, 2.05) is 0 Å². The van der Waals surface area contributed by atoms with Crippen LogP contribution in [0.3, 0.4) is 0 Å². The molecular weight excluding hydrogens is 535 g/mol. The zero-order valence-electron chi connectivity index (χ0n) is 22.5. The van der Waals surface area contributed by atoms with Gasteiger partial charge in [0.2, 0.25) is 0 Å². The van der Waals surface area contributed by atoms with E-state index in [4.69, 9.17) is 15.2 Å². The Morgan fingerprint density at radius 3 is 2.56 bits per heavy atom. The van der Waals surface area contributed by atoms with Crippen LogP contribution in [0.15, 0.2) is 65.8 Å². The number of anilines is 1. The molecule has 41 heavy (non-hydrogen) atoms. The average molecular weight is 563 g/mol. The number of esters is 1. The molecule has 0 saturated carbocycles. The van der Waals surface area contributed by atoms with Crippen molar-refractivity contribution in [1.29, 1.82) is 0 Å². The lowest BCUT2D eigenvalue weighted by Crippen LogP contribution is -2.33. The van der Waals surface area contributed by atoms with E-state index < -0.39 is 17.9 Å². The van der Waals surface area contributed by atoms with Gasteiger partial charge in [0.1, 0.15) is 35.7 Å². The number of amides is 2. The van der Waals surface area contributed by atoms with E-state index in [2.05, 4.69) is 19.7 Å². The molecule has 2 heterocycles. The van der Waals surface area contributed by atoms with Crippen molar-refractivity contribution in [3.8, 4) is 5.75 Å². The fraction of sp³-hybridized carbons (Fsp3) is 0.214. The molecule has 2 amide bonds. The highest BCUT2D eigenvalue weighted by Gasteiger charge is 2.21. The highest BCUT2D eigenvalue weighted by atomic mass is 19.1. The number of hydrogen-bond donors (Lipinski definition) is 1. The fourth-order valence-electron chi connectivity index (χ4n) is 3.95. The Bertz CT molecular complexity index is 1620. The second kappa shape index (κ2) is 12.7. The molecule has 0 aliphatic heterocycles. The van der Waals surface area contributed by atoms with Gasteiger partial charge >= 0.3 is 12.1 Å². The predicted molar refractivity (Wildman–Crippen MR) is 147 cm³/mol. The van der Waals surface area contributed by atoms with E-state index in [1.165, 1.54) is 24.1 Å². The third-order valence-electron chi connectivity index (χ3n) is 6.13. The van der Waals surface area contributed by atoms with Gasteiger partial charge in [-0.15, -0.1) is 0 Å². The molecule has 0 fully saturated rings. The maximum Gasteiger partial charge on any atom is 0.435 e. The number of aliphatic imine (C=N–C) groups is 1. The molecule has 0 aliphatic carbocycles. The number of benzene rings is 2. The minimum atomic E-state index is -0.945. The van der Waals surface area contributed by atoms with Gasteiger partial charge in [-0.2, -0.15) is 4.99 Å². The topological polar surface area (TPSA) is 151 Å². The molecule has 0 saturated heterocycles. The number of nitrogens with zero attached hydrogens (tertiary/aromatic N) is 5. The molecule has 2 N–H and O–H groups in total. The molecule has 2 aromatic heterocycles. The molecule has 212 valence electrons. The molecule has 13 heteroatoms. The Balaban J connectivity index is 1.53. The first-order chi connectivity index (χ1) is 19.7. The summed E-state index contributed by atoms with van der Waals surface area (Å²) in [6.07, 6.45) is 0.615. The second-order valence-electron chi connectivity index (χ2n) is 8.66. The summed E-state index contributed by atoms with van der Waals surface area (Å²) in [5.74, 6) is -0.740. The highest BCUT2D eigenvalue weighted by Crippen LogP contribution is 2.22. The standard InChI is InChI=1S/C28H27FN6O6/c1-34-22-10-7-17(27(37)35(13-11-25(36)39-2)23-6-4-5-12-31-23)14-21(22)32-24(34)16-41-18-8-9-19(20(29)15-18)26(30)33-28(38)40-3/h4-10,12,14-15H,11,13,16H2,1-3H3,(H2,30,33,38). The average Bonchev–Trinajstić information content (AvgIpc) is 3.30. The summed E-state index contributed by atoms with van der Waals surface area (Å²) in [7, 11) is 4.21. The van der Waals surface area contributed by atoms with Crippen molar-refractivity contribution in [3.05, 3.63) is 83.6 Å². The van der Waals surface area contributed by atoms with Crippen LogP contribution in [0.4, 0.5) is 15.0 Å². The Kier molecular flexibility index (Phi) is 8.87. The van der Waals surface area contributed by atoms with E-state index in [9.17, 15) is 18.8 Å². The van der Waals surface area contributed by atoms with Crippen LogP contribution < -0.4 is 15.4 Å². The van der Waals surface area contributed by atoms with Crippen LogP contribution in [0.2, 0.25) is 0 Å². The van der Waals surface area contributed by atoms with Gasteiger partial charge in [-0.25, -0.2) is 19.2 Å². The van der Waals surface area contributed by atoms with Crippen LogP contribution in [0, 0.1) is 5.82 Å². The number of rotatable bonds is 9. The van der Waals surface area contributed by atoms with Crippen molar-refractivity contribution in [1.82, 2.24) is 14.5 Å². The van der Waals surface area contributed by atoms with Gasteiger partial charge in [0.25, 0.3) is 5.91 Å². The zero-order valence-corrected chi connectivity index (χ0v) is 22.5. The van der Waals surface area contributed by atoms with Gasteiger partial charge < -0.3 is 24.5 Å². The van der Waals surface area contributed by atoms with Crippen LogP contribution in [0.5, 0.6) is 5.75 Å². The van der Waals surface area contributed by atoms with Crippen molar-refractivity contribution < 1.29 is 33.0 Å². The molecule has 4 aromatic rings. The highest BCUT2D eigenvalue weighted by molar-refractivity contribution is 6.07. The number of aromatic nitrogens is 3. The Morgan fingerprint density at radius 1 is 1.07 bits per heavy atom. The molecule has 0 unspecified atom stereocenters. The Hall–Kier alpha value is -5.33. The maximum atomic E-state index is 14.6. The largest absolute Gasteiger partial charge is 0.486 e. The minimum Gasteiger partial charge on any atom is -0.486 e. The van der Waals surface area contributed by atoms with E-state index in [-0.39, 0.29) is 42.6 Å². The van der Waals surface area contributed by atoms with Gasteiger partial charge in [0, 0.05) is 31.4 Å². The summed E-state index contributed by atoms with van der Waals surface area (Å²) in [6.45, 7) is 0.0789. The Morgan fingerprint density at radius 2 is 1.88 bits per heavy atom. The van der Waals surface area contributed by atoms with E-state index in [0.29, 0.717) is 22.7 Å². The van der Waals surface area contributed by atoms with Crippen LogP contribution in [-0.2, 0) is 27.9 Å². The number of carbonyl (C=O) groups excluding carboxylic acids is 3. The first-order valence-electron chi connectivity index (χ1n) is 12.3. The number of fused-ring (bicyclic) bond motifs is 1. The molecule has 2 aromatic carbocycles. The van der Waals surface area contributed by atoms with Crippen molar-refractivity contribution in [2.24, 2.45) is 17.8 Å². The van der Waals surface area contributed by atoms with Crippen LogP contribution in [0.25, 0.3) is 11.0 Å². The lowest BCUT2D eigenvalue weighted by molar-refractivity contribution is -0.140. The summed E-state index contributed by atoms with van der Waals surface area (Å²) in [5.41, 5.74) is 7.23. The fourth-order valence-corrected chi connectivity index (χ4v) is 3.95. The zero-order chi connectivity index (χ0) is 29.5. The first kappa shape index (κ1) is 28.7. The lowest BCUT2D eigenvalue weighted by atomic mass is 10.1. The van der Waals surface area contributed by atoms with Crippen LogP contribution in [0.1, 0.15) is 28.2 Å². The second-order valence-corrected chi connectivity index (χ2v) is 8.66. The number of pyridine rings is 1. The number of carbonyl (C=O) groups is 3. The summed E-state index contributed by atoms with van der Waals surface area (Å²) in [6, 6.07) is 14.2. The van der Waals surface area contributed by atoms with E-state index in [0.717, 1.165) is 18.7 Å². The van der Waals surface area contributed by atoms with E-state index >= 15 is 0 Å². The smallest absolute Gasteiger partial charge is 0.435 e. The number of imidazole rings is 1. The molecule has 0 aliphatic rings. The number of hydrogen-bond acceptors (Lipinski definition) is 8. The number of nitrogens with two attached hydrogens (primary N) is 1. The summed E-state index contributed by atoms with van der Waals surface area (Å²) in [4.78, 5) is 50.2. The molecule has 4 rings (SSSR count). The normalized spacial score (nSPS) is 11.3. The summed E-state index contributed by atoms with van der Waals surface area (Å²) < 4.78 is 31.2. The van der Waals surface area contributed by atoms with E-state index in [1.54, 1.807) is 54.2 Å². The monoisotopic (exact) mass is 562 g/mol. The molecule has 0 spiro atoms. The predicted octanol–water partition coefficient (Wildman–Crippen LogP) is 3.37. The minimum absolute atomic E-state index is 0.00161. The quantitative estimate of drug-likeness (QED) is 0.184. The first-order valence-corrected chi connectivity index (χ1v) is 12.3. The van der Waals surface area contributed by atoms with Gasteiger partial charge in [-0.1, -0.05) is 6.07 Å². The van der Waals surface area contributed by atoms with Crippen LogP contribution in [-0.4, -0.2) is 59.1 Å². The maximum absolute atomic E-state index is 14.6. The van der Waals surface area contributed by atoms with Crippen molar-refractivity contribution >= 4 is 40.7 Å². The van der Waals surface area contributed by atoms with Crippen molar-refractivity contribution in [2.45, 2.75) is 13.0 Å². The van der Waals surface area contributed by atoms with Crippen LogP contribution >= 0.6 is 0 Å². The number of aryl methyl sites for hydroxylation is 1.